The van der Waals surface area contributed by atoms with Gasteiger partial charge in [0.2, 0.25) is 0 Å². The molecule has 26 heavy (non-hydrogen) atoms. The molecule has 0 unspecified atom stereocenters. The first kappa shape index (κ1) is 19.1. The summed E-state index contributed by atoms with van der Waals surface area (Å²) in [6.07, 6.45) is 2.02. The average Bonchev–Trinajstić information content (AvgIpc) is 3.05. The number of halogens is 1. The molecule has 1 saturated heterocycles. The van der Waals surface area contributed by atoms with Gasteiger partial charge in [-0.2, -0.15) is 0 Å². The molecule has 140 valence electrons. The molecule has 1 aliphatic heterocycles. The van der Waals surface area contributed by atoms with E-state index in [-0.39, 0.29) is 12.5 Å². The largest absolute Gasteiger partial charge is 0.461 e. The number of benzene rings is 1. The van der Waals surface area contributed by atoms with Gasteiger partial charge in [-0.1, -0.05) is 37.6 Å². The van der Waals surface area contributed by atoms with Gasteiger partial charge in [0.25, 0.3) is 6.54 Å². The van der Waals surface area contributed by atoms with Gasteiger partial charge < -0.3 is 14.4 Å². The molecular weight excluding hydrogens is 372 g/mol. The number of esters is 1. The van der Waals surface area contributed by atoms with Gasteiger partial charge >= 0.3 is 5.97 Å². The number of hydrogen-bond acceptors (Lipinski definition) is 5. The van der Waals surface area contributed by atoms with Crippen molar-refractivity contribution in [3.8, 4) is 11.1 Å². The first-order valence-corrected chi connectivity index (χ1v) is 9.96. The van der Waals surface area contributed by atoms with Crippen LogP contribution in [0.25, 0.3) is 11.1 Å². The van der Waals surface area contributed by atoms with E-state index in [2.05, 4.69) is 4.90 Å². The summed E-state index contributed by atoms with van der Waals surface area (Å²) in [5, 5.41) is 1.86. The van der Waals surface area contributed by atoms with Crippen molar-refractivity contribution >= 4 is 34.1 Å². The number of anilines is 1. The van der Waals surface area contributed by atoms with Crippen LogP contribution < -0.4 is 8.86 Å². The molecule has 3 rings (SSSR count). The summed E-state index contributed by atoms with van der Waals surface area (Å²) in [7, 11) is 0. The minimum Gasteiger partial charge on any atom is -0.461 e. The van der Waals surface area contributed by atoms with Crippen LogP contribution in [0, 0.1) is 5.92 Å². The molecule has 2 aromatic rings. The number of carbonyl (C=O) groups is 1. The van der Waals surface area contributed by atoms with Crippen molar-refractivity contribution in [2.24, 2.45) is 5.92 Å². The van der Waals surface area contributed by atoms with E-state index in [0.717, 1.165) is 29.2 Å². The van der Waals surface area contributed by atoms with Crippen molar-refractivity contribution in [1.82, 2.24) is 0 Å². The average molecular weight is 396 g/mol. The fourth-order valence-electron chi connectivity index (χ4n) is 2.72. The molecule has 0 saturated carbocycles. The van der Waals surface area contributed by atoms with Gasteiger partial charge in [-0.05, 0) is 23.6 Å². The quantitative estimate of drug-likeness (QED) is 0.555. The molecular formula is C19H24ClN2O3S+. The van der Waals surface area contributed by atoms with Gasteiger partial charge in [0, 0.05) is 18.1 Å². The topological polar surface area (TPSA) is 42.7 Å². The molecule has 1 aromatic carbocycles. The van der Waals surface area contributed by atoms with Crippen molar-refractivity contribution < 1.29 is 18.2 Å². The number of aromatic nitrogens is 1. The van der Waals surface area contributed by atoms with Gasteiger partial charge in [0.1, 0.15) is 0 Å². The SMILES string of the molecule is CC(C)COC(=O)C[n+]1cc(-c2ccc(Cl)cc2)c(N2CCOCC2)s1. The normalized spacial score (nSPS) is 14.7. The predicted octanol–water partition coefficient (Wildman–Crippen LogP) is 3.39. The highest BCUT2D eigenvalue weighted by Gasteiger charge is 2.26. The zero-order valence-corrected chi connectivity index (χ0v) is 16.7. The Labute approximate surface area is 163 Å². The Kier molecular flexibility index (Phi) is 6.51. The first-order chi connectivity index (χ1) is 12.5. The Morgan fingerprint density at radius 2 is 2.00 bits per heavy atom. The maximum atomic E-state index is 12.1. The molecule has 0 N–H and O–H groups in total. The van der Waals surface area contributed by atoms with E-state index in [1.165, 1.54) is 0 Å². The van der Waals surface area contributed by atoms with E-state index in [0.29, 0.717) is 30.8 Å². The summed E-state index contributed by atoms with van der Waals surface area (Å²) in [5.41, 5.74) is 2.19. The third-order valence-corrected chi connectivity index (χ3v) is 5.40. The van der Waals surface area contributed by atoms with Crippen LogP contribution in [0.1, 0.15) is 13.8 Å². The van der Waals surface area contributed by atoms with Crippen LogP contribution in [-0.4, -0.2) is 38.9 Å². The van der Waals surface area contributed by atoms with Gasteiger partial charge in [-0.3, -0.25) is 0 Å². The van der Waals surface area contributed by atoms with Crippen LogP contribution in [0.3, 0.4) is 0 Å². The van der Waals surface area contributed by atoms with Crippen LogP contribution in [0.2, 0.25) is 5.02 Å². The number of morpholine rings is 1. The van der Waals surface area contributed by atoms with E-state index in [1.807, 2.05) is 48.3 Å². The van der Waals surface area contributed by atoms with E-state index in [4.69, 9.17) is 21.1 Å². The summed E-state index contributed by atoms with van der Waals surface area (Å²) in [6.45, 7) is 7.86. The van der Waals surface area contributed by atoms with Crippen molar-refractivity contribution in [1.29, 1.82) is 0 Å². The first-order valence-electron chi connectivity index (χ1n) is 8.81. The standard InChI is InChI=1S/C19H24ClN2O3S/c1-14(2)13-25-18(23)12-22-11-17(15-3-5-16(20)6-4-15)19(26-22)21-7-9-24-10-8-21/h3-6,11,14H,7-10,12-13H2,1-2H3/q+1. The second-order valence-corrected chi connectivity index (χ2v) is 8.17. The van der Waals surface area contributed by atoms with Gasteiger partial charge in [0.15, 0.2) is 22.7 Å². The lowest BCUT2D eigenvalue weighted by molar-refractivity contribution is -0.616. The third-order valence-electron chi connectivity index (χ3n) is 4.02. The lowest BCUT2D eigenvalue weighted by Gasteiger charge is -2.26. The number of ether oxygens (including phenoxy) is 2. The molecule has 2 heterocycles. The second-order valence-electron chi connectivity index (χ2n) is 6.70. The van der Waals surface area contributed by atoms with Crippen LogP contribution in [0.5, 0.6) is 0 Å². The van der Waals surface area contributed by atoms with Crippen LogP contribution in [0.4, 0.5) is 5.00 Å². The number of rotatable bonds is 6. The zero-order valence-electron chi connectivity index (χ0n) is 15.1. The summed E-state index contributed by atoms with van der Waals surface area (Å²) in [6, 6.07) is 7.79. The summed E-state index contributed by atoms with van der Waals surface area (Å²) < 4.78 is 12.7. The highest BCUT2D eigenvalue weighted by Crippen LogP contribution is 2.34. The third kappa shape index (κ3) is 4.96. The Morgan fingerprint density at radius 1 is 1.31 bits per heavy atom. The molecule has 0 aliphatic carbocycles. The van der Waals surface area contributed by atoms with Crippen LogP contribution in [0.15, 0.2) is 30.5 Å². The molecule has 0 radical (unpaired) electrons. The van der Waals surface area contributed by atoms with E-state index in [9.17, 15) is 4.79 Å². The van der Waals surface area contributed by atoms with Gasteiger partial charge in [0.05, 0.1) is 25.4 Å². The Balaban J connectivity index is 1.84. The van der Waals surface area contributed by atoms with Gasteiger partial charge in [-0.15, -0.1) is 3.96 Å². The summed E-state index contributed by atoms with van der Waals surface area (Å²) in [4.78, 5) is 14.4. The molecule has 0 bridgehead atoms. The number of hydrogen-bond donors (Lipinski definition) is 0. The fourth-order valence-corrected chi connectivity index (χ4v) is 3.96. The maximum Gasteiger partial charge on any atom is 0.374 e. The summed E-state index contributed by atoms with van der Waals surface area (Å²) >= 11 is 7.61. The van der Waals surface area contributed by atoms with Crippen molar-refractivity contribution in [3.63, 3.8) is 0 Å². The monoisotopic (exact) mass is 395 g/mol. The molecule has 1 aromatic heterocycles. The number of carbonyl (C=O) groups excluding carboxylic acids is 1. The molecule has 1 aliphatic rings. The van der Waals surface area contributed by atoms with Gasteiger partial charge in [-0.25, -0.2) is 4.79 Å². The minimum absolute atomic E-state index is 0.207. The number of nitrogens with zero attached hydrogens (tertiary/aromatic N) is 2. The van der Waals surface area contributed by atoms with Crippen molar-refractivity contribution in [3.05, 3.63) is 35.5 Å². The molecule has 5 nitrogen and oxygen atoms in total. The molecule has 0 spiro atoms. The van der Waals surface area contributed by atoms with E-state index < -0.39 is 0 Å². The van der Waals surface area contributed by atoms with Crippen molar-refractivity contribution in [2.45, 2.75) is 20.4 Å². The smallest absolute Gasteiger partial charge is 0.374 e. The second kappa shape index (κ2) is 8.84. The Morgan fingerprint density at radius 3 is 2.65 bits per heavy atom. The molecule has 0 amide bonds. The lowest BCUT2D eigenvalue weighted by Crippen LogP contribution is -2.37. The molecule has 1 fully saturated rings. The van der Waals surface area contributed by atoms with Crippen LogP contribution in [-0.2, 0) is 20.8 Å². The Bertz CT molecular complexity index is 740. The molecule has 0 atom stereocenters. The zero-order chi connectivity index (χ0) is 18.5. The van der Waals surface area contributed by atoms with Crippen LogP contribution >= 0.6 is 23.1 Å². The summed E-state index contributed by atoms with van der Waals surface area (Å²) in [5.74, 6) is 0.127. The van der Waals surface area contributed by atoms with E-state index in [1.54, 1.807) is 11.5 Å². The lowest BCUT2D eigenvalue weighted by atomic mass is 10.1. The maximum absolute atomic E-state index is 12.1. The highest BCUT2D eigenvalue weighted by atomic mass is 35.5. The molecule has 7 heteroatoms. The predicted molar refractivity (Wildman–Crippen MR) is 104 cm³/mol. The van der Waals surface area contributed by atoms with Crippen molar-refractivity contribution in [2.75, 3.05) is 37.8 Å². The van der Waals surface area contributed by atoms with E-state index >= 15 is 0 Å². The Hall–Kier alpha value is -1.63. The minimum atomic E-state index is -0.207. The fraction of sp³-hybridized carbons (Fsp3) is 0.474. The highest BCUT2D eigenvalue weighted by molar-refractivity contribution is 7.07.